The molecular formula is C20H32N2O2. The highest BCUT2D eigenvalue weighted by atomic mass is 16.5. The molecular weight excluding hydrogens is 300 g/mol. The number of carbonyl (C=O) groups excluding carboxylic acids is 1. The highest BCUT2D eigenvalue weighted by Crippen LogP contribution is 2.25. The van der Waals surface area contributed by atoms with Crippen molar-refractivity contribution in [2.45, 2.75) is 59.0 Å². The Bertz CT molecular complexity index is 537. The van der Waals surface area contributed by atoms with Gasteiger partial charge in [-0.2, -0.15) is 0 Å². The van der Waals surface area contributed by atoms with E-state index in [1.807, 2.05) is 24.3 Å². The highest BCUT2D eigenvalue weighted by molar-refractivity contribution is 5.79. The van der Waals surface area contributed by atoms with Gasteiger partial charge in [-0.05, 0) is 63.8 Å². The zero-order valence-electron chi connectivity index (χ0n) is 15.7. The summed E-state index contributed by atoms with van der Waals surface area (Å²) >= 11 is 0. The minimum atomic E-state index is -0.387. The SMILES string of the molecule is CC(C)COc1ccc(C(C)(C)NC(=O)[C@H]2CCN[C@@H](C)C2)cc1. The topological polar surface area (TPSA) is 50.4 Å². The van der Waals surface area contributed by atoms with Crippen molar-refractivity contribution < 1.29 is 9.53 Å². The number of amides is 1. The third kappa shape index (κ3) is 5.23. The number of hydrogen-bond acceptors (Lipinski definition) is 3. The van der Waals surface area contributed by atoms with Gasteiger partial charge < -0.3 is 15.4 Å². The zero-order valence-corrected chi connectivity index (χ0v) is 15.7. The van der Waals surface area contributed by atoms with E-state index in [0.29, 0.717) is 18.6 Å². The van der Waals surface area contributed by atoms with Crippen molar-refractivity contribution in [1.82, 2.24) is 10.6 Å². The molecule has 0 saturated carbocycles. The second-order valence-corrected chi connectivity index (χ2v) is 7.92. The number of nitrogens with one attached hydrogen (secondary N) is 2. The summed E-state index contributed by atoms with van der Waals surface area (Å²) in [6.07, 6.45) is 1.82. The summed E-state index contributed by atoms with van der Waals surface area (Å²) in [4.78, 5) is 12.6. The lowest BCUT2D eigenvalue weighted by atomic mass is 9.89. The molecule has 1 aromatic carbocycles. The van der Waals surface area contributed by atoms with Gasteiger partial charge in [0.15, 0.2) is 0 Å². The van der Waals surface area contributed by atoms with E-state index < -0.39 is 0 Å². The van der Waals surface area contributed by atoms with Crippen LogP contribution >= 0.6 is 0 Å². The summed E-state index contributed by atoms with van der Waals surface area (Å²) in [6, 6.07) is 8.47. The van der Waals surface area contributed by atoms with Gasteiger partial charge in [-0.25, -0.2) is 0 Å². The normalized spacial score (nSPS) is 21.6. The van der Waals surface area contributed by atoms with Crippen LogP contribution in [0.1, 0.15) is 53.0 Å². The van der Waals surface area contributed by atoms with Gasteiger partial charge in [0.05, 0.1) is 12.1 Å². The second-order valence-electron chi connectivity index (χ2n) is 7.92. The number of benzene rings is 1. The Morgan fingerprint density at radius 2 is 2.00 bits per heavy atom. The zero-order chi connectivity index (χ0) is 17.7. The maximum absolute atomic E-state index is 12.6. The Hall–Kier alpha value is -1.55. The van der Waals surface area contributed by atoms with Gasteiger partial charge >= 0.3 is 0 Å². The van der Waals surface area contributed by atoms with Crippen LogP contribution in [0.25, 0.3) is 0 Å². The molecule has 1 aromatic rings. The molecule has 0 aliphatic carbocycles. The standard InChI is InChI=1S/C20H32N2O2/c1-14(2)13-24-18-8-6-17(7-9-18)20(4,5)22-19(23)16-10-11-21-15(3)12-16/h6-9,14-16,21H,10-13H2,1-5H3,(H,22,23)/t15-,16-/m0/s1. The Labute approximate surface area is 146 Å². The Balaban J connectivity index is 1.97. The van der Waals surface area contributed by atoms with E-state index >= 15 is 0 Å². The minimum absolute atomic E-state index is 0.106. The fourth-order valence-electron chi connectivity index (χ4n) is 3.08. The molecule has 0 radical (unpaired) electrons. The van der Waals surface area contributed by atoms with E-state index in [9.17, 15) is 4.79 Å². The molecule has 2 rings (SSSR count). The van der Waals surface area contributed by atoms with Gasteiger partial charge in [0, 0.05) is 12.0 Å². The minimum Gasteiger partial charge on any atom is -0.493 e. The van der Waals surface area contributed by atoms with E-state index in [1.165, 1.54) is 0 Å². The lowest BCUT2D eigenvalue weighted by Crippen LogP contribution is -2.48. The second kappa shape index (κ2) is 8.02. The monoisotopic (exact) mass is 332 g/mol. The van der Waals surface area contributed by atoms with Crippen molar-refractivity contribution in [1.29, 1.82) is 0 Å². The van der Waals surface area contributed by atoms with Crippen LogP contribution in [0.15, 0.2) is 24.3 Å². The number of rotatable bonds is 6. The maximum Gasteiger partial charge on any atom is 0.223 e. The van der Waals surface area contributed by atoms with Crippen LogP contribution in [-0.2, 0) is 10.3 Å². The molecule has 0 aromatic heterocycles. The third-order valence-corrected chi connectivity index (χ3v) is 4.59. The first-order chi connectivity index (χ1) is 11.3. The van der Waals surface area contributed by atoms with Gasteiger partial charge in [-0.1, -0.05) is 26.0 Å². The number of carbonyl (C=O) groups is 1. The highest BCUT2D eigenvalue weighted by Gasteiger charge is 2.29. The molecule has 1 saturated heterocycles. The molecule has 1 heterocycles. The summed E-state index contributed by atoms with van der Waals surface area (Å²) in [5.74, 6) is 1.65. The molecule has 1 aliphatic heterocycles. The molecule has 4 heteroatoms. The fourth-order valence-corrected chi connectivity index (χ4v) is 3.08. The van der Waals surface area contributed by atoms with Gasteiger partial charge in [0.25, 0.3) is 0 Å². The summed E-state index contributed by atoms with van der Waals surface area (Å²) in [5, 5.41) is 6.62. The van der Waals surface area contributed by atoms with Gasteiger partial charge in [0.1, 0.15) is 5.75 Å². The average Bonchev–Trinajstić information content (AvgIpc) is 2.53. The number of piperidine rings is 1. The lowest BCUT2D eigenvalue weighted by molar-refractivity contribution is -0.127. The van der Waals surface area contributed by atoms with Crippen LogP contribution in [0.3, 0.4) is 0 Å². The summed E-state index contributed by atoms with van der Waals surface area (Å²) in [7, 11) is 0. The smallest absolute Gasteiger partial charge is 0.223 e. The fraction of sp³-hybridized carbons (Fsp3) is 0.650. The molecule has 2 atom stereocenters. The molecule has 24 heavy (non-hydrogen) atoms. The van der Waals surface area contributed by atoms with Crippen LogP contribution in [-0.4, -0.2) is 25.1 Å². The van der Waals surface area contributed by atoms with Crippen molar-refractivity contribution >= 4 is 5.91 Å². The molecule has 134 valence electrons. The molecule has 0 bridgehead atoms. The molecule has 0 unspecified atom stereocenters. The van der Waals surface area contributed by atoms with Crippen LogP contribution in [0, 0.1) is 11.8 Å². The molecule has 1 fully saturated rings. The molecule has 4 nitrogen and oxygen atoms in total. The Morgan fingerprint density at radius 3 is 2.58 bits per heavy atom. The first-order valence-electron chi connectivity index (χ1n) is 9.06. The van der Waals surface area contributed by atoms with Gasteiger partial charge in [-0.3, -0.25) is 4.79 Å². The maximum atomic E-state index is 12.6. The van der Waals surface area contributed by atoms with E-state index in [-0.39, 0.29) is 17.4 Å². The van der Waals surface area contributed by atoms with E-state index in [1.54, 1.807) is 0 Å². The molecule has 0 spiro atoms. The predicted octanol–water partition coefficient (Wildman–Crippen LogP) is 3.46. The van der Waals surface area contributed by atoms with Crippen molar-refractivity contribution in [2.75, 3.05) is 13.2 Å². The van der Waals surface area contributed by atoms with E-state index in [2.05, 4.69) is 45.3 Å². The summed E-state index contributed by atoms with van der Waals surface area (Å²) in [6.45, 7) is 12.2. The molecule has 1 amide bonds. The summed E-state index contributed by atoms with van der Waals surface area (Å²) < 4.78 is 5.73. The van der Waals surface area contributed by atoms with Crippen LogP contribution < -0.4 is 15.4 Å². The Morgan fingerprint density at radius 1 is 1.33 bits per heavy atom. The number of hydrogen-bond donors (Lipinski definition) is 2. The average molecular weight is 332 g/mol. The van der Waals surface area contributed by atoms with Crippen molar-refractivity contribution in [3.63, 3.8) is 0 Å². The van der Waals surface area contributed by atoms with Crippen molar-refractivity contribution in [2.24, 2.45) is 11.8 Å². The predicted molar refractivity (Wildman–Crippen MR) is 98.1 cm³/mol. The molecule has 1 aliphatic rings. The summed E-state index contributed by atoms with van der Waals surface area (Å²) in [5.41, 5.74) is 0.705. The molecule has 2 N–H and O–H groups in total. The third-order valence-electron chi connectivity index (χ3n) is 4.59. The largest absolute Gasteiger partial charge is 0.493 e. The number of ether oxygens (including phenoxy) is 1. The van der Waals surface area contributed by atoms with Crippen LogP contribution in [0.2, 0.25) is 0 Å². The van der Waals surface area contributed by atoms with Crippen molar-refractivity contribution in [3.8, 4) is 5.75 Å². The first-order valence-corrected chi connectivity index (χ1v) is 9.06. The first kappa shape index (κ1) is 18.8. The van der Waals surface area contributed by atoms with E-state index in [4.69, 9.17) is 4.74 Å². The van der Waals surface area contributed by atoms with Gasteiger partial charge in [0.2, 0.25) is 5.91 Å². The Kier molecular flexibility index (Phi) is 6.27. The van der Waals surface area contributed by atoms with Crippen LogP contribution in [0.5, 0.6) is 5.75 Å². The van der Waals surface area contributed by atoms with Crippen molar-refractivity contribution in [3.05, 3.63) is 29.8 Å². The van der Waals surface area contributed by atoms with E-state index in [0.717, 1.165) is 30.7 Å². The van der Waals surface area contributed by atoms with Gasteiger partial charge in [-0.15, -0.1) is 0 Å². The quantitative estimate of drug-likeness (QED) is 0.839. The van der Waals surface area contributed by atoms with Crippen LogP contribution in [0.4, 0.5) is 0 Å². The lowest BCUT2D eigenvalue weighted by Gasteiger charge is -2.32.